The van der Waals surface area contributed by atoms with Crippen molar-refractivity contribution in [1.29, 1.82) is 0 Å². The summed E-state index contributed by atoms with van der Waals surface area (Å²) in [4.78, 5) is 13.6. The summed E-state index contributed by atoms with van der Waals surface area (Å²) in [6.07, 6.45) is 6.72. The summed E-state index contributed by atoms with van der Waals surface area (Å²) in [6.45, 7) is 2.00. The summed E-state index contributed by atoms with van der Waals surface area (Å²) in [5, 5.41) is 0. The molecule has 1 aliphatic rings. The van der Waals surface area contributed by atoms with E-state index in [9.17, 15) is 4.79 Å². The fraction of sp³-hybridized carbons (Fsp3) is 0.875. The Morgan fingerprint density at radius 2 is 2.10 bits per heavy atom. The monoisotopic (exact) mass is 139 g/mol. The van der Waals surface area contributed by atoms with Gasteiger partial charge in [0.2, 0.25) is 6.08 Å². The van der Waals surface area contributed by atoms with Gasteiger partial charge in [-0.1, -0.05) is 12.8 Å². The third-order valence-electron chi connectivity index (χ3n) is 2.34. The van der Waals surface area contributed by atoms with Gasteiger partial charge in [-0.15, -0.1) is 0 Å². The molecule has 0 N–H and O–H groups in total. The minimum absolute atomic E-state index is 0.208. The maximum atomic E-state index is 9.88. The van der Waals surface area contributed by atoms with E-state index >= 15 is 0 Å². The first-order chi connectivity index (χ1) is 4.84. The third kappa shape index (κ3) is 1.68. The summed E-state index contributed by atoms with van der Waals surface area (Å²) in [5.41, 5.74) is 0. The highest BCUT2D eigenvalue weighted by Crippen LogP contribution is 2.28. The van der Waals surface area contributed by atoms with E-state index in [0.717, 1.165) is 0 Å². The van der Waals surface area contributed by atoms with Crippen LogP contribution in [-0.4, -0.2) is 12.1 Å². The van der Waals surface area contributed by atoms with Crippen LogP contribution in [0.4, 0.5) is 0 Å². The number of aliphatic imine (C=N–C) groups is 1. The standard InChI is InChI=1S/C8H13NO/c1-7(9-6-10)8-4-2-3-5-8/h7-8H,2-5H2,1H3. The molecule has 0 bridgehead atoms. The predicted octanol–water partition coefficient (Wildman–Crippen LogP) is 1.90. The topological polar surface area (TPSA) is 29.4 Å². The Morgan fingerprint density at radius 3 is 2.60 bits per heavy atom. The van der Waals surface area contributed by atoms with Crippen LogP contribution < -0.4 is 0 Å². The second kappa shape index (κ2) is 3.52. The summed E-state index contributed by atoms with van der Waals surface area (Å²) in [7, 11) is 0. The number of isocyanates is 1. The minimum Gasteiger partial charge on any atom is -0.211 e. The van der Waals surface area contributed by atoms with E-state index in [4.69, 9.17) is 0 Å². The van der Waals surface area contributed by atoms with Gasteiger partial charge in [-0.2, -0.15) is 0 Å². The van der Waals surface area contributed by atoms with Crippen molar-refractivity contribution in [1.82, 2.24) is 0 Å². The lowest BCUT2D eigenvalue weighted by Crippen LogP contribution is -2.10. The summed E-state index contributed by atoms with van der Waals surface area (Å²) in [6, 6.07) is 0.208. The molecule has 1 unspecified atom stereocenters. The minimum atomic E-state index is 0.208. The van der Waals surface area contributed by atoms with E-state index in [0.29, 0.717) is 5.92 Å². The molecule has 0 aliphatic heterocycles. The van der Waals surface area contributed by atoms with Gasteiger partial charge in [0.1, 0.15) is 0 Å². The molecule has 1 aliphatic carbocycles. The Kier molecular flexibility index (Phi) is 2.64. The number of carbonyl (C=O) groups excluding carboxylic acids is 1. The van der Waals surface area contributed by atoms with Crippen molar-refractivity contribution in [2.45, 2.75) is 38.6 Å². The highest BCUT2D eigenvalue weighted by atomic mass is 16.1. The molecule has 1 fully saturated rings. The van der Waals surface area contributed by atoms with Gasteiger partial charge in [-0.05, 0) is 25.7 Å². The van der Waals surface area contributed by atoms with Crippen LogP contribution in [0.15, 0.2) is 4.99 Å². The molecule has 0 spiro atoms. The Morgan fingerprint density at radius 1 is 1.50 bits per heavy atom. The zero-order chi connectivity index (χ0) is 7.40. The molecule has 2 nitrogen and oxygen atoms in total. The lowest BCUT2D eigenvalue weighted by molar-refractivity contribution is 0.455. The van der Waals surface area contributed by atoms with Crippen LogP contribution in [-0.2, 0) is 4.79 Å². The predicted molar refractivity (Wildman–Crippen MR) is 39.5 cm³/mol. The first-order valence-electron chi connectivity index (χ1n) is 3.91. The maximum Gasteiger partial charge on any atom is 0.235 e. The number of rotatable bonds is 2. The van der Waals surface area contributed by atoms with E-state index in [1.54, 1.807) is 6.08 Å². The third-order valence-corrected chi connectivity index (χ3v) is 2.34. The van der Waals surface area contributed by atoms with Gasteiger partial charge in [0.25, 0.3) is 0 Å². The summed E-state index contributed by atoms with van der Waals surface area (Å²) in [5.74, 6) is 0.654. The van der Waals surface area contributed by atoms with Gasteiger partial charge < -0.3 is 0 Å². The molecule has 0 aromatic rings. The van der Waals surface area contributed by atoms with Crippen molar-refractivity contribution in [3.63, 3.8) is 0 Å². The van der Waals surface area contributed by atoms with Crippen molar-refractivity contribution in [3.05, 3.63) is 0 Å². The zero-order valence-corrected chi connectivity index (χ0v) is 6.34. The van der Waals surface area contributed by atoms with Crippen LogP contribution in [0.5, 0.6) is 0 Å². The van der Waals surface area contributed by atoms with E-state index in [1.165, 1.54) is 25.7 Å². The van der Waals surface area contributed by atoms with E-state index in [1.807, 2.05) is 6.92 Å². The molecule has 0 saturated heterocycles. The molecule has 1 saturated carbocycles. The molecule has 1 rings (SSSR count). The van der Waals surface area contributed by atoms with Crippen LogP contribution >= 0.6 is 0 Å². The number of hydrogen-bond donors (Lipinski definition) is 0. The number of hydrogen-bond acceptors (Lipinski definition) is 2. The van der Waals surface area contributed by atoms with Gasteiger partial charge in [0.15, 0.2) is 0 Å². The SMILES string of the molecule is CC(N=C=O)C1CCCC1. The highest BCUT2D eigenvalue weighted by Gasteiger charge is 2.20. The fourth-order valence-corrected chi connectivity index (χ4v) is 1.63. The molecule has 0 amide bonds. The molecule has 0 radical (unpaired) electrons. The van der Waals surface area contributed by atoms with Crippen LogP contribution in [0.1, 0.15) is 32.6 Å². The Hall–Kier alpha value is -0.620. The fourth-order valence-electron chi connectivity index (χ4n) is 1.63. The molecule has 0 heterocycles. The smallest absolute Gasteiger partial charge is 0.211 e. The zero-order valence-electron chi connectivity index (χ0n) is 6.34. The Labute approximate surface area is 61.3 Å². The van der Waals surface area contributed by atoms with E-state index in [-0.39, 0.29) is 6.04 Å². The van der Waals surface area contributed by atoms with Gasteiger partial charge in [-0.3, -0.25) is 0 Å². The highest BCUT2D eigenvalue weighted by molar-refractivity contribution is 5.33. The first kappa shape index (κ1) is 7.49. The normalized spacial score (nSPS) is 22.1. The lowest BCUT2D eigenvalue weighted by Gasteiger charge is -2.10. The maximum absolute atomic E-state index is 9.88. The van der Waals surface area contributed by atoms with Crippen molar-refractivity contribution < 1.29 is 4.79 Å². The van der Waals surface area contributed by atoms with Crippen molar-refractivity contribution in [2.75, 3.05) is 0 Å². The Bertz CT molecular complexity index is 143. The summed E-state index contributed by atoms with van der Waals surface area (Å²) < 4.78 is 0. The average Bonchev–Trinajstić information content (AvgIpc) is 2.38. The van der Waals surface area contributed by atoms with Gasteiger partial charge >= 0.3 is 0 Å². The molecule has 1 atom stereocenters. The molecule has 0 aromatic carbocycles. The average molecular weight is 139 g/mol. The lowest BCUT2D eigenvalue weighted by atomic mass is 10.0. The Balaban J connectivity index is 2.39. The molecular weight excluding hydrogens is 126 g/mol. The quantitative estimate of drug-likeness (QED) is 0.424. The second-order valence-electron chi connectivity index (χ2n) is 3.01. The molecule has 10 heavy (non-hydrogen) atoms. The van der Waals surface area contributed by atoms with E-state index < -0.39 is 0 Å². The van der Waals surface area contributed by atoms with Crippen molar-refractivity contribution in [3.8, 4) is 0 Å². The van der Waals surface area contributed by atoms with Crippen LogP contribution in [0, 0.1) is 5.92 Å². The van der Waals surface area contributed by atoms with Crippen LogP contribution in [0.3, 0.4) is 0 Å². The second-order valence-corrected chi connectivity index (χ2v) is 3.01. The van der Waals surface area contributed by atoms with Crippen molar-refractivity contribution in [2.24, 2.45) is 10.9 Å². The van der Waals surface area contributed by atoms with E-state index in [2.05, 4.69) is 4.99 Å². The molecular formula is C8H13NO. The largest absolute Gasteiger partial charge is 0.235 e. The number of nitrogens with zero attached hydrogens (tertiary/aromatic N) is 1. The van der Waals surface area contributed by atoms with Gasteiger partial charge in [0.05, 0.1) is 6.04 Å². The molecule has 0 aromatic heterocycles. The van der Waals surface area contributed by atoms with Crippen LogP contribution in [0.25, 0.3) is 0 Å². The van der Waals surface area contributed by atoms with Crippen molar-refractivity contribution >= 4 is 6.08 Å². The van der Waals surface area contributed by atoms with Gasteiger partial charge in [0, 0.05) is 0 Å². The summed E-state index contributed by atoms with van der Waals surface area (Å²) >= 11 is 0. The van der Waals surface area contributed by atoms with Crippen LogP contribution in [0.2, 0.25) is 0 Å². The van der Waals surface area contributed by atoms with Gasteiger partial charge in [-0.25, -0.2) is 9.79 Å². The molecule has 2 heteroatoms. The first-order valence-corrected chi connectivity index (χ1v) is 3.91. The molecule has 56 valence electrons.